The summed E-state index contributed by atoms with van der Waals surface area (Å²) in [6.45, 7) is 9.26. The summed E-state index contributed by atoms with van der Waals surface area (Å²) in [5.41, 5.74) is 2.55. The Bertz CT molecular complexity index is 104. The van der Waals surface area contributed by atoms with E-state index in [9.17, 15) is 0 Å². The van der Waals surface area contributed by atoms with Crippen LogP contribution in [0.15, 0.2) is 11.8 Å². The Morgan fingerprint density at radius 3 is 1.64 bits per heavy atom. The third-order valence-corrected chi connectivity index (χ3v) is 7.99. The summed E-state index contributed by atoms with van der Waals surface area (Å²) in [4.78, 5) is 0. The molecule has 66 valence electrons. The third-order valence-electron chi connectivity index (χ3n) is 2.82. The van der Waals surface area contributed by atoms with E-state index in [1.807, 2.05) is 0 Å². The SMILES string of the molecule is CCC=C[Si](CC)(CC)CC. The summed E-state index contributed by atoms with van der Waals surface area (Å²) in [6, 6.07) is 4.24. The fourth-order valence-corrected chi connectivity index (χ4v) is 4.41. The maximum atomic E-state index is 2.55. The van der Waals surface area contributed by atoms with Crippen LogP contribution < -0.4 is 0 Å². The quantitative estimate of drug-likeness (QED) is 0.547. The molecule has 0 rings (SSSR count). The van der Waals surface area contributed by atoms with Gasteiger partial charge >= 0.3 is 0 Å². The molecule has 0 aliphatic heterocycles. The van der Waals surface area contributed by atoms with Crippen molar-refractivity contribution in [2.45, 2.75) is 52.2 Å². The third kappa shape index (κ3) is 3.24. The molecule has 1 heteroatoms. The van der Waals surface area contributed by atoms with Gasteiger partial charge in [0.25, 0.3) is 0 Å². The molecule has 0 bridgehead atoms. The van der Waals surface area contributed by atoms with Crippen molar-refractivity contribution in [3.05, 3.63) is 11.8 Å². The molecule has 0 N–H and O–H groups in total. The molecular weight excluding hydrogens is 148 g/mol. The summed E-state index contributed by atoms with van der Waals surface area (Å²) < 4.78 is 0. The van der Waals surface area contributed by atoms with Gasteiger partial charge in [0.05, 0.1) is 8.07 Å². The highest BCUT2D eigenvalue weighted by Gasteiger charge is 2.22. The smallest absolute Gasteiger partial charge is 0.0766 e. The van der Waals surface area contributed by atoms with Gasteiger partial charge in [-0.1, -0.05) is 57.6 Å². The highest BCUT2D eigenvalue weighted by Crippen LogP contribution is 2.21. The maximum Gasteiger partial charge on any atom is 0.0766 e. The van der Waals surface area contributed by atoms with Crippen molar-refractivity contribution < 1.29 is 0 Å². The Labute approximate surface area is 72.7 Å². The molecule has 0 atom stereocenters. The second-order valence-electron chi connectivity index (χ2n) is 3.23. The zero-order chi connectivity index (χ0) is 8.74. The standard InChI is InChI=1S/C10H22Si/c1-5-9-10-11(6-2,7-3)8-4/h9-10H,5-8H2,1-4H3. The lowest BCUT2D eigenvalue weighted by Crippen LogP contribution is -2.28. The van der Waals surface area contributed by atoms with Crippen molar-refractivity contribution in [2.75, 3.05) is 0 Å². The Hall–Kier alpha value is -0.0431. The second kappa shape index (κ2) is 5.59. The lowest BCUT2D eigenvalue weighted by Gasteiger charge is -2.23. The van der Waals surface area contributed by atoms with Gasteiger partial charge in [-0.15, -0.1) is 0 Å². The Morgan fingerprint density at radius 2 is 1.36 bits per heavy atom. The molecule has 0 aliphatic rings. The molecule has 0 heterocycles. The summed E-state index contributed by atoms with van der Waals surface area (Å²) in [5.74, 6) is 0. The van der Waals surface area contributed by atoms with Crippen LogP contribution in [0.4, 0.5) is 0 Å². The largest absolute Gasteiger partial charge is 0.0982 e. The van der Waals surface area contributed by atoms with E-state index in [1.165, 1.54) is 24.6 Å². The van der Waals surface area contributed by atoms with Crippen molar-refractivity contribution in [3.8, 4) is 0 Å². The zero-order valence-electron chi connectivity index (χ0n) is 8.48. The molecule has 0 saturated heterocycles. The first kappa shape index (κ1) is 11.0. The molecule has 11 heavy (non-hydrogen) atoms. The molecule has 0 aromatic carbocycles. The first-order chi connectivity index (χ1) is 5.24. The van der Waals surface area contributed by atoms with Crippen LogP contribution in [0.1, 0.15) is 34.1 Å². The predicted octanol–water partition coefficient (Wildman–Crippen LogP) is 4.00. The highest BCUT2D eigenvalue weighted by atomic mass is 28.3. The average Bonchev–Trinajstić information content (AvgIpc) is 2.08. The molecule has 0 aromatic heterocycles. The van der Waals surface area contributed by atoms with Crippen molar-refractivity contribution in [3.63, 3.8) is 0 Å². The normalized spacial score (nSPS) is 12.7. The van der Waals surface area contributed by atoms with E-state index < -0.39 is 8.07 Å². The van der Waals surface area contributed by atoms with Gasteiger partial charge in [-0.25, -0.2) is 0 Å². The molecular formula is C10H22Si. The van der Waals surface area contributed by atoms with Crippen molar-refractivity contribution in [1.29, 1.82) is 0 Å². The van der Waals surface area contributed by atoms with E-state index in [4.69, 9.17) is 0 Å². The van der Waals surface area contributed by atoms with E-state index >= 15 is 0 Å². The van der Waals surface area contributed by atoms with Crippen LogP contribution in [0.3, 0.4) is 0 Å². The van der Waals surface area contributed by atoms with Crippen LogP contribution >= 0.6 is 0 Å². The minimum atomic E-state index is -0.919. The zero-order valence-corrected chi connectivity index (χ0v) is 9.48. The molecule has 0 aromatic rings. The van der Waals surface area contributed by atoms with Gasteiger partial charge in [0.15, 0.2) is 0 Å². The van der Waals surface area contributed by atoms with E-state index in [2.05, 4.69) is 39.5 Å². The number of hydrogen-bond donors (Lipinski definition) is 0. The van der Waals surface area contributed by atoms with E-state index in [0.29, 0.717) is 0 Å². The fourth-order valence-electron chi connectivity index (χ4n) is 1.47. The first-order valence-electron chi connectivity index (χ1n) is 4.92. The summed E-state index contributed by atoms with van der Waals surface area (Å²) in [6.07, 6.45) is 3.57. The molecule has 0 unspecified atom stereocenters. The van der Waals surface area contributed by atoms with Crippen molar-refractivity contribution >= 4 is 8.07 Å². The Balaban J connectivity index is 4.16. The summed E-state index contributed by atoms with van der Waals surface area (Å²) >= 11 is 0. The molecule has 0 fully saturated rings. The summed E-state index contributed by atoms with van der Waals surface area (Å²) in [7, 11) is -0.919. The Morgan fingerprint density at radius 1 is 0.909 bits per heavy atom. The highest BCUT2D eigenvalue weighted by molar-refractivity contribution is 6.84. The van der Waals surface area contributed by atoms with Crippen LogP contribution in [-0.2, 0) is 0 Å². The first-order valence-corrected chi connectivity index (χ1v) is 7.62. The lowest BCUT2D eigenvalue weighted by atomic mass is 10.5. The van der Waals surface area contributed by atoms with Crippen LogP contribution in [-0.4, -0.2) is 8.07 Å². The van der Waals surface area contributed by atoms with Gasteiger partial charge < -0.3 is 0 Å². The second-order valence-corrected chi connectivity index (χ2v) is 8.41. The van der Waals surface area contributed by atoms with Gasteiger partial charge in [-0.05, 0) is 6.42 Å². The van der Waals surface area contributed by atoms with Crippen LogP contribution in [0.25, 0.3) is 0 Å². The molecule has 0 radical (unpaired) electrons. The van der Waals surface area contributed by atoms with Crippen LogP contribution in [0.5, 0.6) is 0 Å². The van der Waals surface area contributed by atoms with Gasteiger partial charge in [-0.3, -0.25) is 0 Å². The number of allylic oxidation sites excluding steroid dienone is 1. The molecule has 0 nitrogen and oxygen atoms in total. The van der Waals surface area contributed by atoms with Crippen LogP contribution in [0, 0.1) is 0 Å². The van der Waals surface area contributed by atoms with Crippen molar-refractivity contribution in [2.24, 2.45) is 0 Å². The molecule has 0 amide bonds. The van der Waals surface area contributed by atoms with Gasteiger partial charge in [0.1, 0.15) is 0 Å². The van der Waals surface area contributed by atoms with Gasteiger partial charge in [0.2, 0.25) is 0 Å². The summed E-state index contributed by atoms with van der Waals surface area (Å²) in [5, 5.41) is 0. The van der Waals surface area contributed by atoms with Gasteiger partial charge in [0, 0.05) is 0 Å². The monoisotopic (exact) mass is 170 g/mol. The predicted molar refractivity (Wildman–Crippen MR) is 56.6 cm³/mol. The lowest BCUT2D eigenvalue weighted by molar-refractivity contribution is 1.18. The molecule has 0 spiro atoms. The fraction of sp³-hybridized carbons (Fsp3) is 0.800. The topological polar surface area (TPSA) is 0 Å². The minimum Gasteiger partial charge on any atom is -0.0982 e. The van der Waals surface area contributed by atoms with Gasteiger partial charge in [-0.2, -0.15) is 0 Å². The van der Waals surface area contributed by atoms with E-state index in [-0.39, 0.29) is 0 Å². The minimum absolute atomic E-state index is 0.919. The van der Waals surface area contributed by atoms with Crippen molar-refractivity contribution in [1.82, 2.24) is 0 Å². The van der Waals surface area contributed by atoms with E-state index in [1.54, 1.807) is 0 Å². The van der Waals surface area contributed by atoms with Crippen LogP contribution in [0.2, 0.25) is 18.1 Å². The average molecular weight is 170 g/mol. The number of hydrogen-bond acceptors (Lipinski definition) is 0. The number of rotatable bonds is 5. The Kier molecular flexibility index (Phi) is 5.57. The molecule has 0 aliphatic carbocycles. The molecule has 0 saturated carbocycles. The van der Waals surface area contributed by atoms with E-state index in [0.717, 1.165) is 0 Å². The maximum absolute atomic E-state index is 2.55.